The smallest absolute Gasteiger partial charge is 0.276 e. The average Bonchev–Trinajstić information content (AvgIpc) is 3.23. The normalized spacial score (nSPS) is 11.0. The van der Waals surface area contributed by atoms with E-state index in [2.05, 4.69) is 17.2 Å². The number of anilines is 1. The minimum atomic E-state index is -0.122. The molecule has 1 N–H and O–H groups in total. The van der Waals surface area contributed by atoms with Gasteiger partial charge in [0.2, 0.25) is 5.91 Å². The van der Waals surface area contributed by atoms with Crippen LogP contribution >= 0.6 is 23.1 Å². The third kappa shape index (κ3) is 4.04. The lowest BCUT2D eigenvalue weighted by Crippen LogP contribution is -2.22. The second-order valence-electron chi connectivity index (χ2n) is 6.80. The molecule has 30 heavy (non-hydrogen) atoms. The maximum atomic E-state index is 13.1. The van der Waals surface area contributed by atoms with Crippen molar-refractivity contribution >= 4 is 44.9 Å². The van der Waals surface area contributed by atoms with Crippen LogP contribution in [0.15, 0.2) is 69.9 Å². The summed E-state index contributed by atoms with van der Waals surface area (Å²) in [6.45, 7) is 4.05. The average molecular weight is 436 g/mol. The molecule has 4 rings (SSSR count). The van der Waals surface area contributed by atoms with Crippen molar-refractivity contribution in [3.63, 3.8) is 0 Å². The van der Waals surface area contributed by atoms with Crippen molar-refractivity contribution in [2.45, 2.75) is 25.4 Å². The van der Waals surface area contributed by atoms with E-state index in [1.165, 1.54) is 23.1 Å². The van der Waals surface area contributed by atoms with E-state index in [1.54, 1.807) is 4.57 Å². The summed E-state index contributed by atoms with van der Waals surface area (Å²) in [5, 5.41) is 5.40. The Morgan fingerprint density at radius 1 is 1.13 bits per heavy atom. The Labute approximate surface area is 182 Å². The molecular formula is C23H21N3O2S2. The maximum Gasteiger partial charge on any atom is 0.276 e. The minimum absolute atomic E-state index is 0.115. The van der Waals surface area contributed by atoms with Crippen LogP contribution in [0.4, 0.5) is 5.69 Å². The maximum absolute atomic E-state index is 13.1. The van der Waals surface area contributed by atoms with Crippen LogP contribution in [0.2, 0.25) is 0 Å². The predicted octanol–water partition coefficient (Wildman–Crippen LogP) is 5.05. The summed E-state index contributed by atoms with van der Waals surface area (Å²) in [4.78, 5) is 30.5. The molecule has 2 heterocycles. The van der Waals surface area contributed by atoms with E-state index in [4.69, 9.17) is 0 Å². The minimum Gasteiger partial charge on any atom is -0.325 e. The first kappa shape index (κ1) is 20.4. The first-order chi connectivity index (χ1) is 14.6. The molecule has 2 aromatic heterocycles. The molecule has 5 nitrogen and oxygen atoms in total. The molecule has 0 unspecified atom stereocenters. The van der Waals surface area contributed by atoms with E-state index in [9.17, 15) is 9.59 Å². The van der Waals surface area contributed by atoms with Gasteiger partial charge in [0.15, 0.2) is 5.16 Å². The molecule has 0 bridgehead atoms. The molecule has 0 aliphatic heterocycles. The number of hydrogen-bond acceptors (Lipinski definition) is 5. The fourth-order valence-corrected chi connectivity index (χ4v) is 4.87. The third-order valence-corrected chi connectivity index (χ3v) is 6.63. The van der Waals surface area contributed by atoms with Gasteiger partial charge in [0, 0.05) is 5.69 Å². The van der Waals surface area contributed by atoms with Crippen molar-refractivity contribution in [1.82, 2.24) is 9.55 Å². The number of rotatable bonds is 6. The molecule has 1 amide bonds. The number of thiophene rings is 1. The van der Waals surface area contributed by atoms with Crippen LogP contribution in [-0.2, 0) is 11.2 Å². The number of carbonyl (C=O) groups excluding carboxylic acids is 1. The SMILES string of the molecule is CCc1cccc(C)c1NC(=O)CSc1nc2ccsc2c(=O)n1-c1ccccc1. The van der Waals surface area contributed by atoms with Gasteiger partial charge in [0.05, 0.1) is 17.0 Å². The lowest BCUT2D eigenvalue weighted by atomic mass is 10.1. The van der Waals surface area contributed by atoms with Crippen LogP contribution in [-0.4, -0.2) is 21.2 Å². The molecule has 0 aliphatic rings. The molecule has 0 radical (unpaired) electrons. The van der Waals surface area contributed by atoms with Crippen molar-refractivity contribution in [3.8, 4) is 5.69 Å². The molecule has 0 aliphatic carbocycles. The lowest BCUT2D eigenvalue weighted by Gasteiger charge is -2.14. The molecule has 0 spiro atoms. The van der Waals surface area contributed by atoms with Gasteiger partial charge < -0.3 is 5.32 Å². The summed E-state index contributed by atoms with van der Waals surface area (Å²) in [6.07, 6.45) is 0.842. The molecule has 4 aromatic rings. The van der Waals surface area contributed by atoms with E-state index in [0.717, 1.165) is 28.9 Å². The molecule has 7 heteroatoms. The summed E-state index contributed by atoms with van der Waals surface area (Å²) < 4.78 is 2.20. The Hall–Kier alpha value is -2.90. The summed E-state index contributed by atoms with van der Waals surface area (Å²) in [6, 6.07) is 17.2. The number of carbonyl (C=O) groups is 1. The van der Waals surface area contributed by atoms with E-state index >= 15 is 0 Å². The Bertz CT molecular complexity index is 1260. The number of benzene rings is 2. The molecule has 2 aromatic carbocycles. The fraction of sp³-hybridized carbons (Fsp3) is 0.174. The van der Waals surface area contributed by atoms with Crippen LogP contribution in [0.25, 0.3) is 15.9 Å². The van der Waals surface area contributed by atoms with Gasteiger partial charge in [-0.3, -0.25) is 14.2 Å². The number of aryl methyl sites for hydroxylation is 2. The van der Waals surface area contributed by atoms with Gasteiger partial charge >= 0.3 is 0 Å². The number of thioether (sulfide) groups is 1. The molecule has 0 saturated heterocycles. The highest BCUT2D eigenvalue weighted by Crippen LogP contribution is 2.25. The Balaban J connectivity index is 1.63. The van der Waals surface area contributed by atoms with Gasteiger partial charge in [0.25, 0.3) is 5.56 Å². The van der Waals surface area contributed by atoms with Gasteiger partial charge in [-0.05, 0) is 48.1 Å². The van der Waals surface area contributed by atoms with Gasteiger partial charge in [0.1, 0.15) is 4.70 Å². The van der Waals surface area contributed by atoms with Gasteiger partial charge in [-0.15, -0.1) is 11.3 Å². The highest BCUT2D eigenvalue weighted by Gasteiger charge is 2.16. The molecule has 0 fully saturated rings. The fourth-order valence-electron chi connectivity index (χ4n) is 3.30. The summed E-state index contributed by atoms with van der Waals surface area (Å²) in [7, 11) is 0. The topological polar surface area (TPSA) is 64.0 Å². The summed E-state index contributed by atoms with van der Waals surface area (Å²) >= 11 is 2.64. The van der Waals surface area contributed by atoms with Crippen LogP contribution in [0.1, 0.15) is 18.1 Å². The molecular weight excluding hydrogens is 414 g/mol. The summed E-state index contributed by atoms with van der Waals surface area (Å²) in [5.74, 6) is 0.0372. The van der Waals surface area contributed by atoms with Crippen LogP contribution < -0.4 is 10.9 Å². The number of hydrogen-bond donors (Lipinski definition) is 1. The Kier molecular flexibility index (Phi) is 6.01. The number of aromatic nitrogens is 2. The zero-order valence-electron chi connectivity index (χ0n) is 16.7. The zero-order valence-corrected chi connectivity index (χ0v) is 18.3. The van der Waals surface area contributed by atoms with Gasteiger partial charge in [-0.25, -0.2) is 4.98 Å². The number of para-hydroxylation sites is 2. The first-order valence-electron chi connectivity index (χ1n) is 9.65. The Morgan fingerprint density at radius 3 is 2.70 bits per heavy atom. The monoisotopic (exact) mass is 435 g/mol. The van der Waals surface area contributed by atoms with E-state index in [0.29, 0.717) is 15.4 Å². The largest absolute Gasteiger partial charge is 0.325 e. The zero-order chi connectivity index (χ0) is 21.1. The highest BCUT2D eigenvalue weighted by atomic mass is 32.2. The molecule has 152 valence electrons. The third-order valence-electron chi connectivity index (χ3n) is 4.80. The molecule has 0 atom stereocenters. The van der Waals surface area contributed by atoms with Crippen LogP contribution in [0.5, 0.6) is 0 Å². The number of fused-ring (bicyclic) bond motifs is 1. The van der Waals surface area contributed by atoms with Crippen molar-refractivity contribution in [1.29, 1.82) is 0 Å². The Morgan fingerprint density at radius 2 is 1.93 bits per heavy atom. The van der Waals surface area contributed by atoms with Gasteiger partial charge in [-0.2, -0.15) is 0 Å². The molecule has 0 saturated carbocycles. The lowest BCUT2D eigenvalue weighted by molar-refractivity contribution is -0.113. The quantitative estimate of drug-likeness (QED) is 0.340. The second-order valence-corrected chi connectivity index (χ2v) is 8.66. The number of nitrogens with zero attached hydrogens (tertiary/aromatic N) is 2. The number of amides is 1. The van der Waals surface area contributed by atoms with E-state index in [1.807, 2.05) is 66.9 Å². The number of nitrogens with one attached hydrogen (secondary N) is 1. The first-order valence-corrected chi connectivity index (χ1v) is 11.5. The highest BCUT2D eigenvalue weighted by molar-refractivity contribution is 7.99. The van der Waals surface area contributed by atoms with Crippen molar-refractivity contribution in [2.24, 2.45) is 0 Å². The van der Waals surface area contributed by atoms with Crippen molar-refractivity contribution in [2.75, 3.05) is 11.1 Å². The summed E-state index contributed by atoms with van der Waals surface area (Å²) in [5.41, 5.74) is 4.29. The van der Waals surface area contributed by atoms with Crippen LogP contribution in [0, 0.1) is 6.92 Å². The van der Waals surface area contributed by atoms with E-state index < -0.39 is 0 Å². The predicted molar refractivity (Wildman–Crippen MR) is 125 cm³/mol. The van der Waals surface area contributed by atoms with Crippen molar-refractivity contribution in [3.05, 3.63) is 81.5 Å². The second kappa shape index (κ2) is 8.85. The van der Waals surface area contributed by atoms with Gasteiger partial charge in [-0.1, -0.05) is 55.1 Å². The van der Waals surface area contributed by atoms with Crippen molar-refractivity contribution < 1.29 is 4.79 Å². The standard InChI is InChI=1S/C23H21N3O2S2/c1-3-16-9-7-8-15(2)20(16)25-19(27)14-30-23-24-18-12-13-29-21(18)22(28)26(23)17-10-5-4-6-11-17/h4-13H,3,14H2,1-2H3,(H,25,27). The van der Waals surface area contributed by atoms with E-state index in [-0.39, 0.29) is 17.2 Å². The van der Waals surface area contributed by atoms with Crippen LogP contribution in [0.3, 0.4) is 0 Å².